The fourth-order valence-electron chi connectivity index (χ4n) is 3.46. The number of fused-ring (bicyclic) bond motifs is 1. The molecule has 25 heavy (non-hydrogen) atoms. The third-order valence-corrected chi connectivity index (χ3v) is 4.81. The van der Waals surface area contributed by atoms with E-state index in [1.165, 1.54) is 0 Å². The number of piperidine rings is 1. The van der Waals surface area contributed by atoms with Gasteiger partial charge in [0.1, 0.15) is 5.69 Å². The third-order valence-electron chi connectivity index (χ3n) is 4.81. The molecule has 1 aliphatic heterocycles. The van der Waals surface area contributed by atoms with Gasteiger partial charge < -0.3 is 4.90 Å². The normalized spacial score (nSPS) is 17.8. The molecule has 3 heterocycles. The maximum atomic E-state index is 12.8. The zero-order chi connectivity index (χ0) is 17.4. The predicted octanol–water partition coefficient (Wildman–Crippen LogP) is 1.61. The molecule has 1 aromatic carbocycles. The summed E-state index contributed by atoms with van der Waals surface area (Å²) in [5.74, 6) is -0.0495. The first-order valence-electron chi connectivity index (χ1n) is 8.38. The zero-order valence-electron chi connectivity index (χ0n) is 14.0. The lowest BCUT2D eigenvalue weighted by Crippen LogP contribution is -2.43. The summed E-state index contributed by atoms with van der Waals surface area (Å²) in [7, 11) is 1.76. The largest absolute Gasteiger partial charge is 0.335 e. The lowest BCUT2D eigenvalue weighted by atomic mass is 10.0. The van der Waals surface area contributed by atoms with Crippen LogP contribution in [0.1, 0.15) is 29.4 Å². The molecule has 128 valence electrons. The molecule has 1 saturated heterocycles. The van der Waals surface area contributed by atoms with Crippen molar-refractivity contribution in [1.29, 1.82) is 0 Å². The first-order chi connectivity index (χ1) is 12.1. The van der Waals surface area contributed by atoms with E-state index in [1.54, 1.807) is 45.9 Å². The molecular formula is C18H19N5O2. The topological polar surface area (TPSA) is 73.0 Å². The van der Waals surface area contributed by atoms with Crippen LogP contribution in [0.4, 0.5) is 0 Å². The number of hydrogen-bond donors (Lipinski definition) is 0. The second-order valence-corrected chi connectivity index (χ2v) is 6.36. The summed E-state index contributed by atoms with van der Waals surface area (Å²) in [5.41, 5.74) is 1.21. The van der Waals surface area contributed by atoms with Gasteiger partial charge in [0, 0.05) is 26.3 Å². The summed E-state index contributed by atoms with van der Waals surface area (Å²) in [6.45, 7) is 1.19. The Morgan fingerprint density at radius 2 is 2.08 bits per heavy atom. The Balaban J connectivity index is 1.64. The maximum Gasteiger partial charge on any atom is 0.272 e. The van der Waals surface area contributed by atoms with Crippen molar-refractivity contribution in [2.45, 2.75) is 18.9 Å². The number of hydrogen-bond acceptors (Lipinski definition) is 4. The molecule has 0 unspecified atom stereocenters. The first kappa shape index (κ1) is 15.6. The van der Waals surface area contributed by atoms with Crippen LogP contribution >= 0.6 is 0 Å². The molecule has 0 aliphatic carbocycles. The summed E-state index contributed by atoms with van der Waals surface area (Å²) < 4.78 is 3.25. The van der Waals surface area contributed by atoms with Crippen LogP contribution in [0.25, 0.3) is 10.9 Å². The highest BCUT2D eigenvalue weighted by molar-refractivity contribution is 5.92. The number of aryl methyl sites for hydroxylation is 1. The Labute approximate surface area is 144 Å². The molecule has 4 rings (SSSR count). The van der Waals surface area contributed by atoms with Crippen LogP contribution < -0.4 is 5.56 Å². The summed E-state index contributed by atoms with van der Waals surface area (Å²) in [5, 5.41) is 4.67. The number of benzene rings is 1. The van der Waals surface area contributed by atoms with Gasteiger partial charge in [-0.15, -0.1) is 0 Å². The van der Waals surface area contributed by atoms with Gasteiger partial charge in [-0.2, -0.15) is 5.10 Å². The fraction of sp³-hybridized carbons (Fsp3) is 0.333. The number of carbonyl (C=O) groups excluding carboxylic acids is 1. The Morgan fingerprint density at radius 3 is 2.88 bits per heavy atom. The Morgan fingerprint density at radius 1 is 1.24 bits per heavy atom. The van der Waals surface area contributed by atoms with Crippen LogP contribution in [0.5, 0.6) is 0 Å². The molecule has 0 spiro atoms. The minimum atomic E-state index is -0.0597. The molecule has 2 aromatic heterocycles. The number of amides is 1. The smallest absolute Gasteiger partial charge is 0.272 e. The van der Waals surface area contributed by atoms with E-state index >= 15 is 0 Å². The molecule has 0 N–H and O–H groups in total. The van der Waals surface area contributed by atoms with E-state index in [1.807, 2.05) is 18.2 Å². The predicted molar refractivity (Wildman–Crippen MR) is 93.4 cm³/mol. The van der Waals surface area contributed by atoms with Gasteiger partial charge in [0.2, 0.25) is 0 Å². The van der Waals surface area contributed by atoms with Crippen molar-refractivity contribution in [1.82, 2.24) is 24.2 Å². The second kappa shape index (κ2) is 6.16. The van der Waals surface area contributed by atoms with Gasteiger partial charge in [0.05, 0.1) is 23.3 Å². The fourth-order valence-corrected chi connectivity index (χ4v) is 3.46. The molecule has 7 nitrogen and oxygen atoms in total. The van der Waals surface area contributed by atoms with Crippen molar-refractivity contribution in [2.75, 3.05) is 13.1 Å². The quantitative estimate of drug-likeness (QED) is 0.712. The molecule has 3 aromatic rings. The van der Waals surface area contributed by atoms with Crippen LogP contribution in [0.2, 0.25) is 0 Å². The van der Waals surface area contributed by atoms with E-state index in [0.29, 0.717) is 29.7 Å². The minimum absolute atomic E-state index is 0.0495. The first-order valence-corrected chi connectivity index (χ1v) is 8.38. The van der Waals surface area contributed by atoms with Crippen molar-refractivity contribution in [3.63, 3.8) is 0 Å². The standard InChI is InChI=1S/C18H19N5O2/c1-21-16(8-9-20-21)18(25)22-10-4-5-13(11-22)23-12-19-15-7-3-2-6-14(15)17(23)24/h2-3,6-9,12-13H,4-5,10-11H2,1H3/t13-/m0/s1. The molecular weight excluding hydrogens is 318 g/mol. The number of para-hydroxylation sites is 1. The summed E-state index contributed by atoms with van der Waals surface area (Å²) in [4.78, 5) is 31.7. The summed E-state index contributed by atoms with van der Waals surface area (Å²) in [6.07, 6.45) is 4.93. The Bertz CT molecular complexity index is 990. The third kappa shape index (κ3) is 2.71. The SMILES string of the molecule is Cn1nccc1C(=O)N1CCC[C@H](n2cnc3ccccc3c2=O)C1. The van der Waals surface area contributed by atoms with Crippen LogP contribution in [-0.2, 0) is 7.05 Å². The highest BCUT2D eigenvalue weighted by Crippen LogP contribution is 2.22. The monoisotopic (exact) mass is 337 g/mol. The summed E-state index contributed by atoms with van der Waals surface area (Å²) in [6, 6.07) is 9.00. The van der Waals surface area contributed by atoms with Gasteiger partial charge in [0.25, 0.3) is 11.5 Å². The van der Waals surface area contributed by atoms with E-state index in [0.717, 1.165) is 12.8 Å². The summed E-state index contributed by atoms with van der Waals surface area (Å²) >= 11 is 0. The molecule has 0 saturated carbocycles. The zero-order valence-corrected chi connectivity index (χ0v) is 14.0. The van der Waals surface area contributed by atoms with E-state index < -0.39 is 0 Å². The second-order valence-electron chi connectivity index (χ2n) is 6.36. The van der Waals surface area contributed by atoms with Crippen LogP contribution in [0.15, 0.2) is 47.7 Å². The van der Waals surface area contributed by atoms with Crippen LogP contribution in [0, 0.1) is 0 Å². The van der Waals surface area contributed by atoms with Gasteiger partial charge in [-0.3, -0.25) is 18.8 Å². The number of rotatable bonds is 2. The molecule has 7 heteroatoms. The number of carbonyl (C=O) groups is 1. The number of nitrogens with zero attached hydrogens (tertiary/aromatic N) is 5. The average Bonchev–Trinajstić information content (AvgIpc) is 3.08. The van der Waals surface area contributed by atoms with Gasteiger partial charge in [-0.25, -0.2) is 4.98 Å². The van der Waals surface area contributed by atoms with Gasteiger partial charge in [-0.1, -0.05) is 12.1 Å². The van der Waals surface area contributed by atoms with Crippen molar-refractivity contribution >= 4 is 16.8 Å². The average molecular weight is 337 g/mol. The molecule has 1 fully saturated rings. The van der Waals surface area contributed by atoms with E-state index in [9.17, 15) is 9.59 Å². The van der Waals surface area contributed by atoms with E-state index in [2.05, 4.69) is 10.1 Å². The molecule has 1 amide bonds. The number of likely N-dealkylation sites (tertiary alicyclic amines) is 1. The van der Waals surface area contributed by atoms with Gasteiger partial charge >= 0.3 is 0 Å². The highest BCUT2D eigenvalue weighted by atomic mass is 16.2. The minimum Gasteiger partial charge on any atom is -0.335 e. The van der Waals surface area contributed by atoms with Crippen molar-refractivity contribution in [3.05, 3.63) is 58.9 Å². The maximum absolute atomic E-state index is 12.8. The van der Waals surface area contributed by atoms with E-state index in [4.69, 9.17) is 0 Å². The molecule has 0 bridgehead atoms. The lowest BCUT2D eigenvalue weighted by Gasteiger charge is -2.33. The Kier molecular flexibility index (Phi) is 3.83. The van der Waals surface area contributed by atoms with Crippen molar-refractivity contribution in [2.24, 2.45) is 7.05 Å². The Hall–Kier alpha value is -2.96. The highest BCUT2D eigenvalue weighted by Gasteiger charge is 2.27. The molecule has 1 atom stereocenters. The number of aromatic nitrogens is 4. The molecule has 0 radical (unpaired) electrons. The van der Waals surface area contributed by atoms with Gasteiger partial charge in [-0.05, 0) is 31.0 Å². The van der Waals surface area contributed by atoms with Gasteiger partial charge in [0.15, 0.2) is 0 Å². The molecule has 1 aliphatic rings. The lowest BCUT2D eigenvalue weighted by molar-refractivity contribution is 0.0666. The van der Waals surface area contributed by atoms with Crippen molar-refractivity contribution in [3.8, 4) is 0 Å². The van der Waals surface area contributed by atoms with Crippen LogP contribution in [-0.4, -0.2) is 43.2 Å². The van der Waals surface area contributed by atoms with E-state index in [-0.39, 0.29) is 17.5 Å². The van der Waals surface area contributed by atoms with Crippen molar-refractivity contribution < 1.29 is 4.79 Å². The van der Waals surface area contributed by atoms with Crippen LogP contribution in [0.3, 0.4) is 0 Å².